The number of nitro benzene ring substituents is 1. The fourth-order valence-corrected chi connectivity index (χ4v) is 5.16. The summed E-state index contributed by atoms with van der Waals surface area (Å²) in [5, 5.41) is 14.6. The first kappa shape index (κ1) is 25.2. The zero-order valence-corrected chi connectivity index (χ0v) is 20.3. The first-order valence-electron chi connectivity index (χ1n) is 11.7. The zero-order valence-electron chi connectivity index (χ0n) is 20.3. The molecule has 1 N–H and O–H groups in total. The van der Waals surface area contributed by atoms with Gasteiger partial charge in [-0.15, -0.1) is 0 Å². The second-order valence-electron chi connectivity index (χ2n) is 9.95. The van der Waals surface area contributed by atoms with Gasteiger partial charge in [-0.1, -0.05) is 44.2 Å². The van der Waals surface area contributed by atoms with E-state index in [1.165, 1.54) is 48.5 Å². The summed E-state index contributed by atoms with van der Waals surface area (Å²) in [5.41, 5.74) is -0.247. The Morgan fingerprint density at radius 1 is 1.11 bits per heavy atom. The molecule has 3 aromatic rings. The Balaban J connectivity index is 1.76. The van der Waals surface area contributed by atoms with Crippen molar-refractivity contribution in [2.75, 3.05) is 10.2 Å². The van der Waals surface area contributed by atoms with Gasteiger partial charge in [-0.2, -0.15) is 13.2 Å². The van der Waals surface area contributed by atoms with Crippen LogP contribution >= 0.6 is 0 Å². The van der Waals surface area contributed by atoms with Gasteiger partial charge in [-0.25, -0.2) is 0 Å². The van der Waals surface area contributed by atoms with Gasteiger partial charge in [0.05, 0.1) is 27.8 Å². The van der Waals surface area contributed by atoms with Crippen molar-refractivity contribution in [2.24, 2.45) is 11.3 Å². The van der Waals surface area contributed by atoms with Gasteiger partial charge in [-0.3, -0.25) is 24.6 Å². The van der Waals surface area contributed by atoms with Crippen LogP contribution in [0.15, 0.2) is 76.9 Å². The summed E-state index contributed by atoms with van der Waals surface area (Å²) in [7, 11) is 0. The topological polar surface area (TPSA) is 106 Å². The molecule has 0 saturated carbocycles. The van der Waals surface area contributed by atoms with Gasteiger partial charge >= 0.3 is 12.1 Å². The predicted octanol–water partition coefficient (Wildman–Crippen LogP) is 6.42. The van der Waals surface area contributed by atoms with Crippen molar-refractivity contribution in [1.82, 2.24) is 0 Å². The number of nitrogens with zero attached hydrogens (tertiary/aromatic N) is 2. The van der Waals surface area contributed by atoms with Crippen LogP contribution in [0.4, 0.5) is 30.2 Å². The number of para-hydroxylation sites is 3. The number of halogens is 3. The van der Waals surface area contributed by atoms with Gasteiger partial charge < -0.3 is 9.73 Å². The normalized spacial score (nSPS) is 20.5. The second-order valence-corrected chi connectivity index (χ2v) is 9.95. The van der Waals surface area contributed by atoms with Crippen molar-refractivity contribution in [3.8, 4) is 11.3 Å². The standard InChI is InChI=1S/C27H22F3N3O5/c1-26(2)13-17-23(20(34)14-26)24(22-12-11-21(38-22)15-7-3-5-9-18(15)33(36)37)32(25(35)27(28,29)30)19-10-6-4-8-16(19)31-17/h3-13,23-24,31H,14H2,1-2H3. The van der Waals surface area contributed by atoms with Crippen molar-refractivity contribution < 1.29 is 32.1 Å². The smallest absolute Gasteiger partial charge is 0.459 e. The number of rotatable bonds is 3. The summed E-state index contributed by atoms with van der Waals surface area (Å²) in [6.07, 6.45) is -3.44. The summed E-state index contributed by atoms with van der Waals surface area (Å²) in [5.74, 6) is -3.84. The first-order chi connectivity index (χ1) is 17.9. The summed E-state index contributed by atoms with van der Waals surface area (Å²) in [6, 6.07) is 13.0. The van der Waals surface area contributed by atoms with Crippen LogP contribution in [-0.4, -0.2) is 22.8 Å². The van der Waals surface area contributed by atoms with Gasteiger partial charge in [0, 0.05) is 18.2 Å². The van der Waals surface area contributed by atoms with E-state index < -0.39 is 34.4 Å². The van der Waals surface area contributed by atoms with E-state index >= 15 is 0 Å². The lowest BCUT2D eigenvalue weighted by molar-refractivity contribution is -0.384. The van der Waals surface area contributed by atoms with Crippen LogP contribution in [0.25, 0.3) is 11.3 Å². The second kappa shape index (κ2) is 8.86. The Bertz CT molecular complexity index is 1490. The number of carbonyl (C=O) groups excluding carboxylic acids is 2. The highest BCUT2D eigenvalue weighted by molar-refractivity contribution is 6.03. The fourth-order valence-electron chi connectivity index (χ4n) is 5.16. The molecule has 1 aliphatic carbocycles. The number of furan rings is 1. The van der Waals surface area contributed by atoms with Crippen LogP contribution in [0.2, 0.25) is 0 Å². The Kier molecular flexibility index (Phi) is 5.89. The maximum absolute atomic E-state index is 14.0. The number of nitrogens with one attached hydrogen (secondary N) is 1. The highest BCUT2D eigenvalue weighted by atomic mass is 19.4. The molecule has 11 heteroatoms. The van der Waals surface area contributed by atoms with Crippen molar-refractivity contribution >= 4 is 28.8 Å². The summed E-state index contributed by atoms with van der Waals surface area (Å²) >= 11 is 0. The van der Waals surface area contributed by atoms with E-state index in [1.54, 1.807) is 18.2 Å². The number of hydrogen-bond acceptors (Lipinski definition) is 6. The minimum Gasteiger partial charge on any atom is -0.459 e. The average Bonchev–Trinajstić information content (AvgIpc) is 3.26. The number of benzene rings is 2. The summed E-state index contributed by atoms with van der Waals surface area (Å²) in [4.78, 5) is 38.0. The molecule has 2 aliphatic rings. The molecule has 2 heterocycles. The van der Waals surface area contributed by atoms with E-state index in [9.17, 15) is 32.9 Å². The van der Waals surface area contributed by atoms with Gasteiger partial charge in [-0.05, 0) is 35.7 Å². The van der Waals surface area contributed by atoms with Crippen molar-refractivity contribution in [2.45, 2.75) is 32.5 Å². The van der Waals surface area contributed by atoms with Crippen LogP contribution < -0.4 is 10.2 Å². The largest absolute Gasteiger partial charge is 0.471 e. The quantitative estimate of drug-likeness (QED) is 0.313. The molecule has 0 saturated heterocycles. The molecular formula is C27H22F3N3O5. The molecule has 0 bridgehead atoms. The number of Topliss-reactive ketones (excluding diaryl/α,β-unsaturated/α-hetero) is 1. The Labute approximate surface area is 214 Å². The number of allylic oxidation sites excluding steroid dienone is 1. The third-order valence-electron chi connectivity index (χ3n) is 6.64. The predicted molar refractivity (Wildman–Crippen MR) is 132 cm³/mol. The molecular weight excluding hydrogens is 503 g/mol. The molecule has 196 valence electrons. The Morgan fingerprint density at radius 2 is 1.79 bits per heavy atom. The molecule has 0 fully saturated rings. The lowest BCUT2D eigenvalue weighted by atomic mass is 9.73. The molecule has 5 rings (SSSR count). The molecule has 2 aromatic carbocycles. The molecule has 1 amide bonds. The number of fused-ring (bicyclic) bond motifs is 2. The molecule has 8 nitrogen and oxygen atoms in total. The monoisotopic (exact) mass is 525 g/mol. The maximum Gasteiger partial charge on any atom is 0.471 e. The van der Waals surface area contributed by atoms with Crippen LogP contribution in [0.1, 0.15) is 32.1 Å². The highest BCUT2D eigenvalue weighted by Crippen LogP contribution is 2.50. The minimum atomic E-state index is -5.26. The molecule has 1 aliphatic heterocycles. The lowest BCUT2D eigenvalue weighted by Crippen LogP contribution is -2.48. The SMILES string of the molecule is CC1(C)C=C2Nc3ccccc3N(C(=O)C(F)(F)F)C(c3ccc(-c4ccccc4[N+](=O)[O-])o3)C2C(=O)C1. The molecule has 0 radical (unpaired) electrons. The minimum absolute atomic E-state index is 0.0197. The summed E-state index contributed by atoms with van der Waals surface area (Å²) in [6.45, 7) is 3.67. The van der Waals surface area contributed by atoms with E-state index in [1.807, 2.05) is 13.8 Å². The zero-order chi connectivity index (χ0) is 27.4. The highest BCUT2D eigenvalue weighted by Gasteiger charge is 2.53. The van der Waals surface area contributed by atoms with E-state index in [2.05, 4.69) is 5.32 Å². The van der Waals surface area contributed by atoms with Gasteiger partial charge in [0.15, 0.2) is 0 Å². The van der Waals surface area contributed by atoms with E-state index in [0.717, 1.165) is 0 Å². The number of carbonyl (C=O) groups is 2. The van der Waals surface area contributed by atoms with Gasteiger partial charge in [0.2, 0.25) is 0 Å². The fraction of sp³-hybridized carbons (Fsp3) is 0.259. The number of ketones is 1. The van der Waals surface area contributed by atoms with Crippen molar-refractivity contribution in [3.05, 3.63) is 88.3 Å². The Hall–Kier alpha value is -4.41. The van der Waals surface area contributed by atoms with E-state index in [-0.39, 0.29) is 46.4 Å². The number of amides is 1. The van der Waals surface area contributed by atoms with Crippen molar-refractivity contribution in [1.29, 1.82) is 0 Å². The van der Waals surface area contributed by atoms with Crippen LogP contribution in [0, 0.1) is 21.4 Å². The first-order valence-corrected chi connectivity index (χ1v) is 11.7. The molecule has 1 aromatic heterocycles. The van der Waals surface area contributed by atoms with Crippen LogP contribution in [-0.2, 0) is 9.59 Å². The maximum atomic E-state index is 14.0. The number of anilines is 2. The molecule has 38 heavy (non-hydrogen) atoms. The number of nitro groups is 1. The van der Waals surface area contributed by atoms with Gasteiger partial charge in [0.1, 0.15) is 23.3 Å². The van der Waals surface area contributed by atoms with Gasteiger partial charge in [0.25, 0.3) is 5.69 Å². The van der Waals surface area contributed by atoms with E-state index in [0.29, 0.717) is 10.6 Å². The van der Waals surface area contributed by atoms with Crippen LogP contribution in [0.5, 0.6) is 0 Å². The van der Waals surface area contributed by atoms with E-state index in [4.69, 9.17) is 4.42 Å². The third-order valence-corrected chi connectivity index (χ3v) is 6.64. The number of alkyl halides is 3. The lowest BCUT2D eigenvalue weighted by Gasteiger charge is -2.38. The van der Waals surface area contributed by atoms with Crippen molar-refractivity contribution in [3.63, 3.8) is 0 Å². The molecule has 2 atom stereocenters. The number of hydrogen-bond donors (Lipinski definition) is 1. The third kappa shape index (κ3) is 4.33. The average molecular weight is 525 g/mol. The summed E-state index contributed by atoms with van der Waals surface area (Å²) < 4.78 is 47.9. The molecule has 2 unspecified atom stereocenters. The van der Waals surface area contributed by atoms with Crippen LogP contribution in [0.3, 0.4) is 0 Å². The Morgan fingerprint density at radius 3 is 2.50 bits per heavy atom. The molecule has 0 spiro atoms.